The number of esters is 1. The number of methoxy groups -OCH3 is 1. The minimum Gasteiger partial charge on any atom is -0.465 e. The van der Waals surface area contributed by atoms with Crippen LogP contribution in [0, 0.1) is 0 Å². The number of ether oxygens (including phenoxy) is 1. The van der Waals surface area contributed by atoms with Crippen LogP contribution in [-0.4, -0.2) is 41.7 Å². The van der Waals surface area contributed by atoms with Crippen molar-refractivity contribution >= 4 is 17.5 Å². The Morgan fingerprint density at radius 1 is 1.62 bits per heavy atom. The summed E-state index contributed by atoms with van der Waals surface area (Å²) in [7, 11) is 5.16. The topological polar surface area (TPSA) is 55.3 Å². The van der Waals surface area contributed by atoms with E-state index >= 15 is 0 Å². The highest BCUT2D eigenvalue weighted by Gasteiger charge is 2.16. The van der Waals surface area contributed by atoms with Crippen LogP contribution in [0.15, 0.2) is 0 Å². The van der Waals surface area contributed by atoms with Crippen molar-refractivity contribution in [1.29, 1.82) is 0 Å². The predicted molar refractivity (Wildman–Crippen MR) is 48.6 cm³/mol. The van der Waals surface area contributed by atoms with Crippen LogP contribution in [0.5, 0.6) is 0 Å². The molecule has 0 amide bonds. The van der Waals surface area contributed by atoms with Crippen molar-refractivity contribution in [2.24, 2.45) is 0 Å². The molecular formula is C7H11N3O2S. The molecule has 1 aromatic rings. The molecule has 0 fully saturated rings. The minimum absolute atomic E-state index is 0.369. The van der Waals surface area contributed by atoms with Crippen LogP contribution in [0.3, 0.4) is 0 Å². The lowest BCUT2D eigenvalue weighted by Gasteiger charge is -2.06. The first-order valence-electron chi connectivity index (χ1n) is 3.69. The summed E-state index contributed by atoms with van der Waals surface area (Å²) < 4.78 is 8.30. The van der Waals surface area contributed by atoms with Gasteiger partial charge in [-0.25, -0.2) is 4.79 Å². The van der Waals surface area contributed by atoms with E-state index in [-0.39, 0.29) is 5.97 Å². The number of aromatic nitrogens is 2. The maximum atomic E-state index is 11.2. The molecule has 0 aromatic carbocycles. The molecule has 1 aromatic heterocycles. The quantitative estimate of drug-likeness (QED) is 0.662. The van der Waals surface area contributed by atoms with E-state index in [9.17, 15) is 4.79 Å². The van der Waals surface area contributed by atoms with E-state index in [2.05, 4.69) is 14.3 Å². The van der Waals surface area contributed by atoms with Gasteiger partial charge in [0.15, 0.2) is 4.88 Å². The third-order valence-electron chi connectivity index (χ3n) is 1.39. The van der Waals surface area contributed by atoms with Crippen LogP contribution < -0.4 is 0 Å². The van der Waals surface area contributed by atoms with Crippen LogP contribution in [0.25, 0.3) is 0 Å². The second-order valence-electron chi connectivity index (χ2n) is 2.78. The SMILES string of the molecule is COC(=O)c1snnc1CN(C)C. The first-order valence-corrected chi connectivity index (χ1v) is 4.46. The fourth-order valence-corrected chi connectivity index (χ4v) is 1.45. The van der Waals surface area contributed by atoms with Gasteiger partial charge in [-0.2, -0.15) is 0 Å². The summed E-state index contributed by atoms with van der Waals surface area (Å²) >= 11 is 1.06. The number of carbonyl (C=O) groups is 1. The Kier molecular flexibility index (Phi) is 3.32. The Morgan fingerprint density at radius 3 is 2.85 bits per heavy atom. The third-order valence-corrected chi connectivity index (χ3v) is 2.14. The molecule has 0 radical (unpaired) electrons. The maximum Gasteiger partial charge on any atom is 0.351 e. The normalized spacial score (nSPS) is 10.5. The van der Waals surface area contributed by atoms with E-state index < -0.39 is 0 Å². The van der Waals surface area contributed by atoms with Gasteiger partial charge >= 0.3 is 5.97 Å². The predicted octanol–water partition coefficient (Wildman–Crippen LogP) is 0.386. The summed E-state index contributed by atoms with van der Waals surface area (Å²) in [6.07, 6.45) is 0. The monoisotopic (exact) mass is 201 g/mol. The fraction of sp³-hybridized carbons (Fsp3) is 0.571. The van der Waals surface area contributed by atoms with Gasteiger partial charge in [0, 0.05) is 6.54 Å². The Labute approximate surface area is 80.5 Å². The lowest BCUT2D eigenvalue weighted by atomic mass is 10.3. The van der Waals surface area contributed by atoms with Gasteiger partial charge in [-0.3, -0.25) is 0 Å². The van der Waals surface area contributed by atoms with E-state index in [1.807, 2.05) is 19.0 Å². The average molecular weight is 201 g/mol. The summed E-state index contributed by atoms with van der Waals surface area (Å²) in [5, 5.41) is 3.85. The second kappa shape index (κ2) is 4.29. The van der Waals surface area contributed by atoms with Crippen molar-refractivity contribution in [2.75, 3.05) is 21.2 Å². The molecule has 6 heteroatoms. The van der Waals surface area contributed by atoms with Crippen molar-refractivity contribution in [2.45, 2.75) is 6.54 Å². The summed E-state index contributed by atoms with van der Waals surface area (Å²) in [5.41, 5.74) is 0.668. The van der Waals surface area contributed by atoms with Crippen LogP contribution in [0.2, 0.25) is 0 Å². The summed E-state index contributed by atoms with van der Waals surface area (Å²) in [5.74, 6) is -0.369. The maximum absolute atomic E-state index is 11.2. The molecule has 0 spiro atoms. The van der Waals surface area contributed by atoms with E-state index in [1.165, 1.54) is 7.11 Å². The zero-order chi connectivity index (χ0) is 9.84. The van der Waals surface area contributed by atoms with E-state index in [0.717, 1.165) is 11.5 Å². The van der Waals surface area contributed by atoms with Crippen molar-refractivity contribution in [3.05, 3.63) is 10.6 Å². The molecule has 1 heterocycles. The molecule has 13 heavy (non-hydrogen) atoms. The largest absolute Gasteiger partial charge is 0.465 e. The van der Waals surface area contributed by atoms with Gasteiger partial charge in [-0.05, 0) is 25.6 Å². The number of nitrogens with zero attached hydrogens (tertiary/aromatic N) is 3. The Morgan fingerprint density at radius 2 is 2.31 bits per heavy atom. The molecule has 72 valence electrons. The standard InChI is InChI=1S/C7H11N3O2S/c1-10(2)4-5-6(7(11)12-3)13-9-8-5/h4H2,1-3H3. The van der Waals surface area contributed by atoms with Gasteiger partial charge in [0.2, 0.25) is 0 Å². The molecule has 5 nitrogen and oxygen atoms in total. The fourth-order valence-electron chi connectivity index (χ4n) is 0.859. The van der Waals surface area contributed by atoms with Gasteiger partial charge in [0.1, 0.15) is 5.69 Å². The van der Waals surface area contributed by atoms with Gasteiger partial charge in [0.05, 0.1) is 7.11 Å². The highest BCUT2D eigenvalue weighted by molar-refractivity contribution is 7.07. The van der Waals surface area contributed by atoms with E-state index in [4.69, 9.17) is 0 Å². The lowest BCUT2D eigenvalue weighted by Crippen LogP contribution is -2.14. The lowest BCUT2D eigenvalue weighted by molar-refractivity contribution is 0.0604. The molecule has 0 saturated heterocycles. The minimum atomic E-state index is -0.369. The Hall–Kier alpha value is -1.01. The number of rotatable bonds is 3. The zero-order valence-corrected chi connectivity index (χ0v) is 8.59. The van der Waals surface area contributed by atoms with Crippen molar-refractivity contribution in [3.63, 3.8) is 0 Å². The summed E-state index contributed by atoms with van der Waals surface area (Å²) in [6.45, 7) is 0.598. The zero-order valence-electron chi connectivity index (χ0n) is 7.77. The average Bonchev–Trinajstić information content (AvgIpc) is 2.50. The van der Waals surface area contributed by atoms with Gasteiger partial charge in [0.25, 0.3) is 0 Å². The highest BCUT2D eigenvalue weighted by Crippen LogP contribution is 2.12. The van der Waals surface area contributed by atoms with E-state index in [1.54, 1.807) is 0 Å². The molecule has 0 aliphatic rings. The highest BCUT2D eigenvalue weighted by atomic mass is 32.1. The number of hydrogen-bond donors (Lipinski definition) is 0. The van der Waals surface area contributed by atoms with Crippen LogP contribution in [-0.2, 0) is 11.3 Å². The molecule has 1 rings (SSSR count). The summed E-state index contributed by atoms with van der Waals surface area (Å²) in [4.78, 5) is 13.6. The Balaban J connectivity index is 2.83. The van der Waals surface area contributed by atoms with Crippen molar-refractivity contribution < 1.29 is 9.53 Å². The van der Waals surface area contributed by atoms with Crippen molar-refractivity contribution in [1.82, 2.24) is 14.5 Å². The van der Waals surface area contributed by atoms with Crippen LogP contribution in [0.4, 0.5) is 0 Å². The number of hydrogen-bond acceptors (Lipinski definition) is 6. The van der Waals surface area contributed by atoms with Gasteiger partial charge in [-0.15, -0.1) is 5.10 Å². The molecule has 0 unspecified atom stereocenters. The first kappa shape index (κ1) is 10.1. The molecule has 0 aliphatic heterocycles. The molecule has 0 atom stereocenters. The van der Waals surface area contributed by atoms with Crippen LogP contribution >= 0.6 is 11.5 Å². The molecule has 0 bridgehead atoms. The second-order valence-corrected chi connectivity index (χ2v) is 3.53. The Bertz CT molecular complexity index is 298. The number of carbonyl (C=O) groups excluding carboxylic acids is 1. The molecule has 0 aliphatic carbocycles. The van der Waals surface area contributed by atoms with Crippen molar-refractivity contribution in [3.8, 4) is 0 Å². The molecule has 0 N–H and O–H groups in total. The molecular weight excluding hydrogens is 190 g/mol. The third kappa shape index (κ3) is 2.46. The van der Waals surface area contributed by atoms with Gasteiger partial charge < -0.3 is 9.64 Å². The van der Waals surface area contributed by atoms with Crippen LogP contribution in [0.1, 0.15) is 15.4 Å². The summed E-state index contributed by atoms with van der Waals surface area (Å²) in [6, 6.07) is 0. The first-order chi connectivity index (χ1) is 6.15. The molecule has 0 saturated carbocycles. The van der Waals surface area contributed by atoms with E-state index in [0.29, 0.717) is 17.1 Å². The van der Waals surface area contributed by atoms with Gasteiger partial charge in [-0.1, -0.05) is 4.49 Å². The smallest absolute Gasteiger partial charge is 0.351 e.